The van der Waals surface area contributed by atoms with E-state index in [1.807, 2.05) is 12.1 Å². The van der Waals surface area contributed by atoms with E-state index in [2.05, 4.69) is 10.3 Å². The first-order valence-corrected chi connectivity index (χ1v) is 9.04. The number of hydrogen-bond acceptors (Lipinski definition) is 6. The monoisotopic (exact) mass is 362 g/mol. The van der Waals surface area contributed by atoms with Crippen molar-refractivity contribution in [2.45, 2.75) is 59.3 Å². The van der Waals surface area contributed by atoms with Crippen molar-refractivity contribution in [3.8, 4) is 0 Å². The van der Waals surface area contributed by atoms with Crippen LogP contribution in [0.2, 0.25) is 0 Å². The van der Waals surface area contributed by atoms with Gasteiger partial charge in [-0.25, -0.2) is 13.9 Å². The lowest BCUT2D eigenvalue weighted by Gasteiger charge is -2.30. The van der Waals surface area contributed by atoms with Gasteiger partial charge >= 0.3 is 13.9 Å². The van der Waals surface area contributed by atoms with E-state index in [9.17, 15) is 9.36 Å². The smallest absolute Gasteiger partial charge is 0.422 e. The Bertz CT molecular complexity index is 540. The summed E-state index contributed by atoms with van der Waals surface area (Å²) in [4.78, 5) is 14.5. The molecule has 0 unspecified atom stereocenters. The molecule has 138 valence electrons. The van der Waals surface area contributed by atoms with Crippen molar-refractivity contribution in [2.24, 2.45) is 0 Å². The fourth-order valence-corrected chi connectivity index (χ4v) is 3.25. The van der Waals surface area contributed by atoms with Gasteiger partial charge in [0, 0.05) is 11.9 Å². The quantitative estimate of drug-likeness (QED) is 0.563. The minimum absolute atomic E-state index is 0.278. The van der Waals surface area contributed by atoms with E-state index in [-0.39, 0.29) is 6.54 Å². The van der Waals surface area contributed by atoms with E-state index in [1.54, 1.807) is 47.7 Å². The van der Waals surface area contributed by atoms with Crippen LogP contribution < -0.4 is 5.32 Å². The predicted molar refractivity (Wildman–Crippen MR) is 89.3 cm³/mol. The molecular formula is C15H27N2O6P. The molecule has 1 amide bonds. The molecule has 1 heterocycles. The van der Waals surface area contributed by atoms with Gasteiger partial charge in [-0.3, -0.25) is 9.05 Å². The van der Waals surface area contributed by atoms with Crippen molar-refractivity contribution in [2.75, 3.05) is 6.79 Å². The van der Waals surface area contributed by atoms with E-state index in [0.29, 0.717) is 0 Å². The van der Waals surface area contributed by atoms with Crippen LogP contribution in [0.15, 0.2) is 18.3 Å². The Hall–Kier alpha value is -1.34. The van der Waals surface area contributed by atoms with Crippen molar-refractivity contribution >= 4 is 13.9 Å². The first kappa shape index (κ1) is 20.7. The molecule has 0 spiro atoms. The molecule has 9 heteroatoms. The average Bonchev–Trinajstić information content (AvgIpc) is 2.84. The molecule has 0 bridgehead atoms. The van der Waals surface area contributed by atoms with Crippen LogP contribution in [-0.2, 0) is 29.4 Å². The van der Waals surface area contributed by atoms with E-state index < -0.39 is 31.9 Å². The lowest BCUT2D eigenvalue weighted by molar-refractivity contribution is -0.0286. The molecule has 0 aliphatic rings. The van der Waals surface area contributed by atoms with Crippen molar-refractivity contribution in [1.29, 1.82) is 0 Å². The molecule has 1 aromatic heterocycles. The van der Waals surface area contributed by atoms with Crippen LogP contribution in [-0.4, -0.2) is 29.1 Å². The SMILES string of the molecule is CC(C)(C)OP(=O)(OCOC(=O)NCc1ccc[nH]1)OC(C)(C)C. The molecule has 2 N–H and O–H groups in total. The largest absolute Gasteiger partial charge is 0.478 e. The van der Waals surface area contributed by atoms with Crippen molar-refractivity contribution in [3.05, 3.63) is 24.0 Å². The molecule has 1 rings (SSSR count). The molecule has 0 radical (unpaired) electrons. The summed E-state index contributed by atoms with van der Waals surface area (Å²) < 4.78 is 33.4. The van der Waals surface area contributed by atoms with Gasteiger partial charge in [-0.2, -0.15) is 0 Å². The lowest BCUT2D eigenvalue weighted by Crippen LogP contribution is -2.27. The highest BCUT2D eigenvalue weighted by Crippen LogP contribution is 2.55. The third-order valence-corrected chi connectivity index (χ3v) is 4.22. The molecule has 24 heavy (non-hydrogen) atoms. The number of ether oxygens (including phenoxy) is 1. The number of nitrogens with one attached hydrogen (secondary N) is 2. The van der Waals surface area contributed by atoms with Gasteiger partial charge in [0.25, 0.3) is 0 Å². The van der Waals surface area contributed by atoms with Crippen LogP contribution in [0.1, 0.15) is 47.2 Å². The summed E-state index contributed by atoms with van der Waals surface area (Å²) in [6, 6.07) is 3.63. The third kappa shape index (κ3) is 9.08. The molecule has 0 saturated carbocycles. The molecular weight excluding hydrogens is 335 g/mol. The number of alkyl carbamates (subject to hydrolysis) is 1. The summed E-state index contributed by atoms with van der Waals surface area (Å²) >= 11 is 0. The second-order valence-corrected chi connectivity index (χ2v) is 8.60. The van der Waals surface area contributed by atoms with Crippen molar-refractivity contribution in [1.82, 2.24) is 10.3 Å². The molecule has 0 aromatic carbocycles. The van der Waals surface area contributed by atoms with Gasteiger partial charge in [-0.1, -0.05) is 0 Å². The molecule has 0 aliphatic carbocycles. The number of hydrogen-bond donors (Lipinski definition) is 2. The minimum atomic E-state index is -3.90. The van der Waals surface area contributed by atoms with E-state index in [1.165, 1.54) is 0 Å². The Morgan fingerprint density at radius 1 is 1.17 bits per heavy atom. The second-order valence-electron chi connectivity index (χ2n) is 7.08. The van der Waals surface area contributed by atoms with Crippen molar-refractivity contribution < 1.29 is 27.7 Å². The Labute approximate surface area is 142 Å². The normalized spacial score (nSPS) is 12.9. The Kier molecular flexibility index (Phi) is 7.04. The Morgan fingerprint density at radius 2 is 1.75 bits per heavy atom. The number of aromatic amines is 1. The van der Waals surface area contributed by atoms with Crippen molar-refractivity contribution in [3.63, 3.8) is 0 Å². The highest BCUT2D eigenvalue weighted by atomic mass is 31.2. The maximum absolute atomic E-state index is 12.7. The number of aromatic nitrogens is 1. The molecule has 0 aliphatic heterocycles. The topological polar surface area (TPSA) is 98.9 Å². The van der Waals surface area contributed by atoms with Gasteiger partial charge in [0.05, 0.1) is 17.7 Å². The summed E-state index contributed by atoms with van der Waals surface area (Å²) in [7, 11) is -3.90. The summed E-state index contributed by atoms with van der Waals surface area (Å²) in [5.74, 6) is 0. The zero-order valence-corrected chi connectivity index (χ0v) is 15.9. The van der Waals surface area contributed by atoms with Gasteiger partial charge in [0.15, 0.2) is 0 Å². The third-order valence-electron chi connectivity index (χ3n) is 2.26. The highest BCUT2D eigenvalue weighted by Gasteiger charge is 2.37. The lowest BCUT2D eigenvalue weighted by atomic mass is 10.2. The van der Waals surface area contributed by atoms with Crippen LogP contribution >= 0.6 is 7.82 Å². The van der Waals surface area contributed by atoms with Gasteiger partial charge in [-0.05, 0) is 53.7 Å². The zero-order chi connectivity index (χ0) is 18.4. The number of H-pyrrole nitrogens is 1. The van der Waals surface area contributed by atoms with Gasteiger partial charge in [0.2, 0.25) is 6.79 Å². The van der Waals surface area contributed by atoms with Gasteiger partial charge in [0.1, 0.15) is 0 Å². The van der Waals surface area contributed by atoms with Gasteiger partial charge < -0.3 is 15.0 Å². The van der Waals surface area contributed by atoms with Gasteiger partial charge in [-0.15, -0.1) is 0 Å². The first-order valence-electron chi connectivity index (χ1n) is 7.58. The van der Waals surface area contributed by atoms with E-state index in [0.717, 1.165) is 5.69 Å². The van der Waals surface area contributed by atoms with Crippen LogP contribution in [0.3, 0.4) is 0 Å². The first-order chi connectivity index (χ1) is 10.9. The fraction of sp³-hybridized carbons (Fsp3) is 0.667. The van der Waals surface area contributed by atoms with Crippen LogP contribution in [0.5, 0.6) is 0 Å². The van der Waals surface area contributed by atoms with E-state index in [4.69, 9.17) is 18.3 Å². The summed E-state index contributed by atoms with van der Waals surface area (Å²) in [6.07, 6.45) is 1.04. The standard InChI is InChI=1S/C15H27N2O6P/c1-14(2,3)22-24(19,23-15(4,5)6)21-11-20-13(18)17-10-12-8-7-9-16-12/h7-9,16H,10-11H2,1-6H3,(H,17,18). The molecule has 8 nitrogen and oxygen atoms in total. The fourth-order valence-electron chi connectivity index (χ4n) is 1.58. The number of phosphoric ester groups is 1. The second kappa shape index (κ2) is 8.16. The number of phosphoric acid groups is 1. The summed E-state index contributed by atoms with van der Waals surface area (Å²) in [5, 5.41) is 2.52. The Balaban J connectivity index is 2.49. The number of carbonyl (C=O) groups excluding carboxylic acids is 1. The zero-order valence-electron chi connectivity index (χ0n) is 15.0. The molecule has 0 atom stereocenters. The number of rotatable bonds is 7. The number of amides is 1. The molecule has 0 fully saturated rings. The minimum Gasteiger partial charge on any atom is -0.422 e. The van der Waals surface area contributed by atoms with E-state index >= 15 is 0 Å². The average molecular weight is 362 g/mol. The number of carbonyl (C=O) groups is 1. The van der Waals surface area contributed by atoms with Crippen LogP contribution in [0.25, 0.3) is 0 Å². The maximum atomic E-state index is 12.7. The summed E-state index contributed by atoms with van der Waals surface area (Å²) in [5.41, 5.74) is -0.682. The summed E-state index contributed by atoms with van der Waals surface area (Å²) in [6.45, 7) is 10.0. The highest BCUT2D eigenvalue weighted by molar-refractivity contribution is 7.48. The maximum Gasteiger partial charge on any atom is 0.478 e. The van der Waals surface area contributed by atoms with Crippen LogP contribution in [0, 0.1) is 0 Å². The predicted octanol–water partition coefficient (Wildman–Crippen LogP) is 3.95. The van der Waals surface area contributed by atoms with Crippen LogP contribution in [0.4, 0.5) is 4.79 Å². The molecule has 0 saturated heterocycles. The Morgan fingerprint density at radius 3 is 2.21 bits per heavy atom. The molecule has 1 aromatic rings.